The number of aromatic nitrogens is 1. The van der Waals surface area contributed by atoms with Gasteiger partial charge in [-0.05, 0) is 26.0 Å². The van der Waals surface area contributed by atoms with Crippen LogP contribution in [0.2, 0.25) is 0 Å². The number of thiocarbonyl (C=S) groups is 1. The molecular formula is C16H16N2OS2. The number of likely N-dealkylation sites (N-methyl/N-ethyl adjacent to an activating group) is 1. The Bertz CT molecular complexity index is 761. The van der Waals surface area contributed by atoms with Gasteiger partial charge in [0.2, 0.25) is 0 Å². The van der Waals surface area contributed by atoms with Crippen molar-refractivity contribution in [1.29, 1.82) is 0 Å². The summed E-state index contributed by atoms with van der Waals surface area (Å²) in [5.41, 5.74) is 2.27. The van der Waals surface area contributed by atoms with E-state index in [4.69, 9.17) is 12.2 Å². The van der Waals surface area contributed by atoms with Crippen molar-refractivity contribution in [2.45, 2.75) is 20.4 Å². The maximum absolute atomic E-state index is 12.3. The molecular weight excluding hydrogens is 300 g/mol. The lowest BCUT2D eigenvalue weighted by Crippen LogP contribution is -2.27. The van der Waals surface area contributed by atoms with E-state index in [9.17, 15) is 4.79 Å². The lowest BCUT2D eigenvalue weighted by atomic mass is 10.1. The highest BCUT2D eigenvalue weighted by atomic mass is 32.2. The maximum atomic E-state index is 12.3. The Morgan fingerprint density at radius 1 is 1.24 bits per heavy atom. The van der Waals surface area contributed by atoms with Crippen molar-refractivity contribution in [1.82, 2.24) is 9.47 Å². The van der Waals surface area contributed by atoms with Crippen LogP contribution in [0.1, 0.15) is 19.4 Å². The summed E-state index contributed by atoms with van der Waals surface area (Å²) >= 11 is 6.64. The summed E-state index contributed by atoms with van der Waals surface area (Å²) in [6.07, 6.45) is 4.06. The third-order valence-electron chi connectivity index (χ3n) is 3.64. The first-order valence-electron chi connectivity index (χ1n) is 6.99. The molecule has 0 N–H and O–H groups in total. The molecule has 1 amide bonds. The molecule has 2 heterocycles. The number of para-hydroxylation sites is 1. The molecule has 3 rings (SSSR count). The van der Waals surface area contributed by atoms with Crippen molar-refractivity contribution in [2.24, 2.45) is 0 Å². The first kappa shape index (κ1) is 14.4. The summed E-state index contributed by atoms with van der Waals surface area (Å²) in [4.78, 5) is 14.7. The number of benzene rings is 1. The number of aryl methyl sites for hydroxylation is 1. The third-order valence-corrected chi connectivity index (χ3v) is 5.01. The number of rotatable bonds is 3. The molecule has 5 heteroatoms. The molecule has 0 radical (unpaired) electrons. The fourth-order valence-electron chi connectivity index (χ4n) is 2.57. The van der Waals surface area contributed by atoms with E-state index in [1.807, 2.05) is 25.1 Å². The first-order chi connectivity index (χ1) is 10.2. The van der Waals surface area contributed by atoms with E-state index in [2.05, 4.69) is 29.8 Å². The standard InChI is InChI=1S/C16H16N2OS2/c1-3-17-10-11(12-7-5-6-8-13(12)17)9-14-15(19)18(4-2)16(20)21-14/h5-10H,3-4H2,1-2H3/b14-9-. The molecule has 2 aromatic rings. The maximum Gasteiger partial charge on any atom is 0.266 e. The minimum atomic E-state index is 0.0147. The quantitative estimate of drug-likeness (QED) is 0.634. The van der Waals surface area contributed by atoms with Gasteiger partial charge in [0.25, 0.3) is 5.91 Å². The lowest BCUT2D eigenvalue weighted by Gasteiger charge is -2.09. The van der Waals surface area contributed by atoms with Gasteiger partial charge in [0, 0.05) is 35.8 Å². The Kier molecular flexibility index (Phi) is 3.87. The number of fused-ring (bicyclic) bond motifs is 1. The largest absolute Gasteiger partial charge is 0.347 e. The van der Waals surface area contributed by atoms with E-state index in [0.29, 0.717) is 15.8 Å². The highest BCUT2D eigenvalue weighted by Crippen LogP contribution is 2.34. The highest BCUT2D eigenvalue weighted by molar-refractivity contribution is 8.26. The Morgan fingerprint density at radius 2 is 2.00 bits per heavy atom. The molecule has 1 aromatic heterocycles. The molecule has 0 aliphatic carbocycles. The summed E-state index contributed by atoms with van der Waals surface area (Å²) in [5, 5.41) is 1.17. The van der Waals surface area contributed by atoms with E-state index < -0.39 is 0 Å². The summed E-state index contributed by atoms with van der Waals surface area (Å²) in [6.45, 7) is 5.59. The fraction of sp³-hybridized carbons (Fsp3) is 0.250. The molecule has 3 nitrogen and oxygen atoms in total. The van der Waals surface area contributed by atoms with E-state index in [1.165, 1.54) is 22.7 Å². The molecule has 1 fully saturated rings. The highest BCUT2D eigenvalue weighted by Gasteiger charge is 2.30. The molecule has 0 bridgehead atoms. The molecule has 1 aliphatic heterocycles. The van der Waals surface area contributed by atoms with Gasteiger partial charge in [-0.2, -0.15) is 0 Å². The van der Waals surface area contributed by atoms with Crippen LogP contribution >= 0.6 is 24.0 Å². The van der Waals surface area contributed by atoms with Crippen LogP contribution in [0.5, 0.6) is 0 Å². The number of hydrogen-bond donors (Lipinski definition) is 0. The van der Waals surface area contributed by atoms with E-state index in [1.54, 1.807) is 4.90 Å². The van der Waals surface area contributed by atoms with Crippen molar-refractivity contribution in [3.8, 4) is 0 Å². The van der Waals surface area contributed by atoms with Gasteiger partial charge in [-0.15, -0.1) is 0 Å². The number of amides is 1. The van der Waals surface area contributed by atoms with E-state index in [0.717, 1.165) is 12.1 Å². The topological polar surface area (TPSA) is 25.2 Å². The van der Waals surface area contributed by atoms with E-state index >= 15 is 0 Å². The van der Waals surface area contributed by atoms with Crippen LogP contribution in [-0.4, -0.2) is 26.2 Å². The Balaban J connectivity index is 2.08. The van der Waals surface area contributed by atoms with Gasteiger partial charge in [0.1, 0.15) is 4.32 Å². The second-order valence-electron chi connectivity index (χ2n) is 4.81. The molecule has 0 spiro atoms. The van der Waals surface area contributed by atoms with Crippen LogP contribution in [0.25, 0.3) is 17.0 Å². The Labute approximate surface area is 133 Å². The molecule has 0 saturated carbocycles. The third kappa shape index (κ3) is 2.40. The molecule has 108 valence electrons. The number of hydrogen-bond acceptors (Lipinski definition) is 3. The van der Waals surface area contributed by atoms with Gasteiger partial charge in [-0.3, -0.25) is 9.69 Å². The van der Waals surface area contributed by atoms with Gasteiger partial charge >= 0.3 is 0 Å². The van der Waals surface area contributed by atoms with Crippen molar-refractivity contribution in [3.63, 3.8) is 0 Å². The van der Waals surface area contributed by atoms with Crippen molar-refractivity contribution in [3.05, 3.63) is 40.9 Å². The Hall–Kier alpha value is -1.59. The molecule has 0 unspecified atom stereocenters. The molecule has 0 atom stereocenters. The zero-order chi connectivity index (χ0) is 15.0. The van der Waals surface area contributed by atoms with Crippen LogP contribution in [-0.2, 0) is 11.3 Å². The van der Waals surface area contributed by atoms with Crippen molar-refractivity contribution in [2.75, 3.05) is 6.54 Å². The van der Waals surface area contributed by atoms with Crippen LogP contribution in [0.15, 0.2) is 35.4 Å². The average Bonchev–Trinajstić information content (AvgIpc) is 2.98. The minimum absolute atomic E-state index is 0.0147. The molecule has 1 aromatic carbocycles. The van der Waals surface area contributed by atoms with E-state index in [-0.39, 0.29) is 5.91 Å². The van der Waals surface area contributed by atoms with Gasteiger partial charge in [-0.25, -0.2) is 0 Å². The zero-order valence-corrected chi connectivity index (χ0v) is 13.6. The number of carbonyl (C=O) groups excluding carboxylic acids is 1. The molecule has 21 heavy (non-hydrogen) atoms. The first-order valence-corrected chi connectivity index (χ1v) is 8.21. The van der Waals surface area contributed by atoms with Crippen LogP contribution in [0.3, 0.4) is 0 Å². The SMILES string of the molecule is CCN1C(=O)/C(=C/c2cn(CC)c3ccccc23)SC1=S. The smallest absolute Gasteiger partial charge is 0.266 e. The van der Waals surface area contributed by atoms with Gasteiger partial charge in [0.15, 0.2) is 0 Å². The van der Waals surface area contributed by atoms with Gasteiger partial charge in [0.05, 0.1) is 4.91 Å². The van der Waals surface area contributed by atoms with Crippen molar-refractivity contribution >= 4 is 51.2 Å². The number of carbonyl (C=O) groups is 1. The molecule has 1 saturated heterocycles. The predicted octanol–water partition coefficient (Wildman–Crippen LogP) is 3.88. The lowest BCUT2D eigenvalue weighted by molar-refractivity contribution is -0.121. The number of nitrogens with zero attached hydrogens (tertiary/aromatic N) is 2. The fourth-order valence-corrected chi connectivity index (χ4v) is 3.94. The van der Waals surface area contributed by atoms with Crippen LogP contribution in [0, 0.1) is 0 Å². The summed E-state index contributed by atoms with van der Waals surface area (Å²) in [5.74, 6) is 0.0147. The van der Waals surface area contributed by atoms with Crippen LogP contribution < -0.4 is 0 Å². The van der Waals surface area contributed by atoms with Gasteiger partial charge in [-0.1, -0.05) is 42.2 Å². The molecule has 1 aliphatic rings. The second-order valence-corrected chi connectivity index (χ2v) is 6.49. The zero-order valence-electron chi connectivity index (χ0n) is 12.0. The number of thioether (sulfide) groups is 1. The monoisotopic (exact) mass is 316 g/mol. The summed E-state index contributed by atoms with van der Waals surface area (Å²) in [6, 6.07) is 8.26. The van der Waals surface area contributed by atoms with Crippen LogP contribution in [0.4, 0.5) is 0 Å². The Morgan fingerprint density at radius 3 is 2.67 bits per heavy atom. The van der Waals surface area contributed by atoms with Gasteiger partial charge < -0.3 is 4.57 Å². The summed E-state index contributed by atoms with van der Waals surface area (Å²) < 4.78 is 2.84. The summed E-state index contributed by atoms with van der Waals surface area (Å²) in [7, 11) is 0. The predicted molar refractivity (Wildman–Crippen MR) is 93.2 cm³/mol. The van der Waals surface area contributed by atoms with Crippen molar-refractivity contribution < 1.29 is 4.79 Å². The minimum Gasteiger partial charge on any atom is -0.347 e. The average molecular weight is 316 g/mol. The normalized spacial score (nSPS) is 17.4. The second kappa shape index (κ2) is 5.66.